The number of carbonyl (C=O) groups is 1. The third-order valence-corrected chi connectivity index (χ3v) is 3.57. The quantitative estimate of drug-likeness (QED) is 0.857. The van der Waals surface area contributed by atoms with Crippen LogP contribution in [0.5, 0.6) is 0 Å². The number of carboxylic acids is 1. The van der Waals surface area contributed by atoms with Gasteiger partial charge in [0.2, 0.25) is 0 Å². The molecule has 0 radical (unpaired) electrons. The van der Waals surface area contributed by atoms with Crippen LogP contribution < -0.4 is 0 Å². The van der Waals surface area contributed by atoms with Gasteiger partial charge in [0.25, 0.3) is 0 Å². The van der Waals surface area contributed by atoms with Crippen LogP contribution in [-0.4, -0.2) is 22.8 Å². The lowest BCUT2D eigenvalue weighted by Gasteiger charge is -2.10. The van der Waals surface area contributed by atoms with Crippen LogP contribution in [0.2, 0.25) is 0 Å². The normalized spacial score (nSPS) is 12.8. The molecule has 2 aromatic rings. The summed E-state index contributed by atoms with van der Waals surface area (Å²) in [6, 6.07) is 7.84. The van der Waals surface area contributed by atoms with Crippen molar-refractivity contribution in [2.45, 2.75) is 12.3 Å². The number of thiophene rings is 1. The fraction of sp³-hybridized carbons (Fsp3) is 0.250. The highest BCUT2D eigenvalue weighted by atomic mass is 32.1. The molecule has 2 rings (SSSR count). The van der Waals surface area contributed by atoms with Crippen molar-refractivity contribution in [1.82, 2.24) is 0 Å². The van der Waals surface area contributed by atoms with Crippen molar-refractivity contribution in [3.63, 3.8) is 0 Å². The van der Waals surface area contributed by atoms with Crippen molar-refractivity contribution in [1.29, 1.82) is 0 Å². The van der Waals surface area contributed by atoms with Crippen molar-refractivity contribution >= 4 is 27.4 Å². The van der Waals surface area contributed by atoms with Crippen molar-refractivity contribution < 1.29 is 15.0 Å². The predicted octanol–water partition coefficient (Wildman–Crippen LogP) is 2.45. The average Bonchev–Trinajstić information content (AvgIpc) is 2.69. The second-order valence-electron chi connectivity index (χ2n) is 3.66. The molecule has 1 atom stereocenters. The van der Waals surface area contributed by atoms with Gasteiger partial charge in [-0.2, -0.15) is 0 Å². The molecule has 2 N–H and O–H groups in total. The molecular weight excluding hydrogens is 224 g/mol. The number of hydrogen-bond acceptors (Lipinski definition) is 3. The molecule has 16 heavy (non-hydrogen) atoms. The van der Waals surface area contributed by atoms with Gasteiger partial charge in [0.05, 0.1) is 13.0 Å². The first-order chi connectivity index (χ1) is 7.72. The molecule has 0 amide bonds. The minimum absolute atomic E-state index is 0.0305. The molecule has 0 saturated heterocycles. The van der Waals surface area contributed by atoms with E-state index in [-0.39, 0.29) is 18.9 Å². The third-order valence-electron chi connectivity index (χ3n) is 2.59. The van der Waals surface area contributed by atoms with E-state index in [1.54, 1.807) is 11.3 Å². The highest BCUT2D eigenvalue weighted by Crippen LogP contribution is 2.32. The van der Waals surface area contributed by atoms with Crippen LogP contribution in [0.15, 0.2) is 29.6 Å². The smallest absolute Gasteiger partial charge is 0.304 e. The third kappa shape index (κ3) is 2.08. The lowest BCUT2D eigenvalue weighted by Crippen LogP contribution is -2.09. The SMILES string of the molecule is O=C(O)CC(CO)c1csc2ccccc12. The summed E-state index contributed by atoms with van der Waals surface area (Å²) in [7, 11) is 0. The summed E-state index contributed by atoms with van der Waals surface area (Å²) in [5, 5.41) is 21.0. The molecule has 0 aliphatic rings. The summed E-state index contributed by atoms with van der Waals surface area (Å²) in [6.07, 6.45) is -0.0305. The van der Waals surface area contributed by atoms with Crippen molar-refractivity contribution in [2.24, 2.45) is 0 Å². The molecular formula is C12H12O3S. The van der Waals surface area contributed by atoms with Crippen molar-refractivity contribution in [2.75, 3.05) is 6.61 Å². The largest absolute Gasteiger partial charge is 0.481 e. The Hall–Kier alpha value is -1.39. The lowest BCUT2D eigenvalue weighted by atomic mass is 9.96. The summed E-state index contributed by atoms with van der Waals surface area (Å²) < 4.78 is 1.13. The van der Waals surface area contributed by atoms with Crippen molar-refractivity contribution in [3.8, 4) is 0 Å². The molecule has 0 aliphatic heterocycles. The molecule has 3 nitrogen and oxygen atoms in total. The van der Waals surface area contributed by atoms with Crippen LogP contribution in [0.25, 0.3) is 10.1 Å². The van der Waals surface area contributed by atoms with Gasteiger partial charge in [-0.05, 0) is 22.4 Å². The van der Waals surface area contributed by atoms with Gasteiger partial charge in [0, 0.05) is 10.6 Å². The molecule has 1 unspecified atom stereocenters. The number of aliphatic hydroxyl groups excluding tert-OH is 1. The molecule has 0 bridgehead atoms. The zero-order valence-electron chi connectivity index (χ0n) is 8.59. The average molecular weight is 236 g/mol. The van der Waals surface area contributed by atoms with Gasteiger partial charge in [0.15, 0.2) is 0 Å². The zero-order chi connectivity index (χ0) is 11.5. The number of rotatable bonds is 4. The Labute approximate surface area is 97.0 Å². The molecule has 84 valence electrons. The molecule has 0 spiro atoms. The Kier molecular flexibility index (Phi) is 3.22. The van der Waals surface area contributed by atoms with Gasteiger partial charge < -0.3 is 10.2 Å². The lowest BCUT2D eigenvalue weighted by molar-refractivity contribution is -0.137. The van der Waals surface area contributed by atoms with Gasteiger partial charge in [-0.25, -0.2) is 0 Å². The number of hydrogen-bond donors (Lipinski definition) is 2. The Balaban J connectivity index is 2.41. The maximum absolute atomic E-state index is 10.7. The first-order valence-corrected chi connectivity index (χ1v) is 5.89. The highest BCUT2D eigenvalue weighted by molar-refractivity contribution is 7.17. The van der Waals surface area contributed by atoms with E-state index in [4.69, 9.17) is 5.11 Å². The van der Waals surface area contributed by atoms with Crippen LogP contribution in [0.4, 0.5) is 0 Å². The Bertz CT molecular complexity index is 504. The molecule has 0 fully saturated rings. The van der Waals surface area contributed by atoms with E-state index in [0.717, 1.165) is 15.6 Å². The van der Waals surface area contributed by atoms with Crippen LogP contribution in [0, 0.1) is 0 Å². The topological polar surface area (TPSA) is 57.5 Å². The van der Waals surface area contributed by atoms with Gasteiger partial charge in [-0.15, -0.1) is 11.3 Å². The number of aliphatic hydroxyl groups is 1. The molecule has 1 aromatic carbocycles. The minimum atomic E-state index is -0.880. The summed E-state index contributed by atoms with van der Waals surface area (Å²) in [4.78, 5) is 10.7. The standard InChI is InChI=1S/C12H12O3S/c13-6-8(5-12(14)15)10-7-16-11-4-2-1-3-9(10)11/h1-4,7-8,13H,5-6H2,(H,14,15). The fourth-order valence-electron chi connectivity index (χ4n) is 1.80. The van der Waals surface area contributed by atoms with Gasteiger partial charge in [-0.1, -0.05) is 18.2 Å². The number of aliphatic carboxylic acids is 1. The van der Waals surface area contributed by atoms with E-state index >= 15 is 0 Å². The van der Waals surface area contributed by atoms with E-state index in [1.165, 1.54) is 0 Å². The highest BCUT2D eigenvalue weighted by Gasteiger charge is 2.17. The molecule has 1 heterocycles. The predicted molar refractivity (Wildman–Crippen MR) is 63.9 cm³/mol. The second-order valence-corrected chi connectivity index (χ2v) is 4.58. The number of carboxylic acid groups (broad SMARTS) is 1. The maximum atomic E-state index is 10.7. The monoisotopic (exact) mass is 236 g/mol. The van der Waals surface area contributed by atoms with Gasteiger partial charge >= 0.3 is 5.97 Å². The van der Waals surface area contributed by atoms with Crippen LogP contribution in [0.3, 0.4) is 0 Å². The van der Waals surface area contributed by atoms with Gasteiger partial charge in [-0.3, -0.25) is 4.79 Å². The summed E-state index contributed by atoms with van der Waals surface area (Å²) in [6.45, 7) is -0.132. The van der Waals surface area contributed by atoms with Crippen LogP contribution in [-0.2, 0) is 4.79 Å². The van der Waals surface area contributed by atoms with Crippen LogP contribution >= 0.6 is 11.3 Å². The minimum Gasteiger partial charge on any atom is -0.481 e. The van der Waals surface area contributed by atoms with E-state index in [2.05, 4.69) is 0 Å². The second kappa shape index (κ2) is 4.63. The Morgan fingerprint density at radius 3 is 2.81 bits per heavy atom. The first kappa shape index (κ1) is 11.1. The van der Waals surface area contributed by atoms with Crippen LogP contribution in [0.1, 0.15) is 17.9 Å². The molecule has 4 heteroatoms. The summed E-state index contributed by atoms with van der Waals surface area (Å²) >= 11 is 1.58. The summed E-state index contributed by atoms with van der Waals surface area (Å²) in [5.41, 5.74) is 0.936. The molecule has 0 aliphatic carbocycles. The van der Waals surface area contributed by atoms with E-state index < -0.39 is 5.97 Å². The van der Waals surface area contributed by atoms with E-state index in [0.29, 0.717) is 0 Å². The number of benzene rings is 1. The maximum Gasteiger partial charge on any atom is 0.304 e. The number of fused-ring (bicyclic) bond motifs is 1. The first-order valence-electron chi connectivity index (χ1n) is 5.01. The van der Waals surface area contributed by atoms with Gasteiger partial charge in [0.1, 0.15) is 0 Å². The molecule has 1 aromatic heterocycles. The fourth-order valence-corrected chi connectivity index (χ4v) is 2.84. The van der Waals surface area contributed by atoms with E-state index in [1.807, 2.05) is 29.6 Å². The Morgan fingerprint density at radius 2 is 2.12 bits per heavy atom. The van der Waals surface area contributed by atoms with Crippen molar-refractivity contribution in [3.05, 3.63) is 35.2 Å². The Morgan fingerprint density at radius 1 is 1.38 bits per heavy atom. The van der Waals surface area contributed by atoms with E-state index in [9.17, 15) is 9.90 Å². The molecule has 0 saturated carbocycles. The summed E-state index contributed by atoms with van der Waals surface area (Å²) in [5.74, 6) is -1.19. The zero-order valence-corrected chi connectivity index (χ0v) is 9.41.